The molecule has 0 bridgehead atoms. The van der Waals surface area contributed by atoms with Crippen molar-refractivity contribution in [3.63, 3.8) is 0 Å². The molecule has 1 atom stereocenters. The first-order chi connectivity index (χ1) is 23.1. The molecule has 1 amide bonds. The summed E-state index contributed by atoms with van der Waals surface area (Å²) in [5.74, 6) is 3.48. The molecule has 254 valence electrons. The van der Waals surface area contributed by atoms with Crippen molar-refractivity contribution in [3.05, 3.63) is 64.7 Å². The van der Waals surface area contributed by atoms with Crippen LogP contribution < -0.4 is 25.4 Å². The number of ether oxygens (including phenoxy) is 2. The third kappa shape index (κ3) is 8.09. The van der Waals surface area contributed by atoms with Gasteiger partial charge in [-0.15, -0.1) is 10.2 Å². The van der Waals surface area contributed by atoms with Crippen LogP contribution in [0.3, 0.4) is 0 Å². The third-order valence-corrected chi connectivity index (χ3v) is 10.4. The van der Waals surface area contributed by atoms with Gasteiger partial charge >= 0.3 is 0 Å². The molecule has 2 aromatic carbocycles. The highest BCUT2D eigenvalue weighted by Gasteiger charge is 2.43. The van der Waals surface area contributed by atoms with Gasteiger partial charge in [-0.05, 0) is 79.6 Å². The second-order valence-electron chi connectivity index (χ2n) is 13.6. The maximum Gasteiger partial charge on any atom is 0.251 e. The molecule has 2 aliphatic heterocycles. The minimum Gasteiger partial charge on any atom is -0.486 e. The summed E-state index contributed by atoms with van der Waals surface area (Å²) < 4.78 is 13.6. The highest BCUT2D eigenvalue weighted by molar-refractivity contribution is 5.95. The first kappa shape index (κ1) is 33.3. The van der Waals surface area contributed by atoms with E-state index in [1.54, 1.807) is 0 Å². The predicted molar refractivity (Wildman–Crippen MR) is 183 cm³/mol. The number of amides is 1. The quantitative estimate of drug-likeness (QED) is 0.228. The Bertz CT molecular complexity index is 1480. The second kappa shape index (κ2) is 16.0. The molecule has 1 saturated carbocycles. The number of nitrogens with zero attached hydrogens (tertiary/aromatic N) is 3. The van der Waals surface area contributed by atoms with E-state index in [1.165, 1.54) is 64.2 Å². The molecule has 3 aromatic rings. The molecule has 1 saturated heterocycles. The van der Waals surface area contributed by atoms with E-state index in [9.17, 15) is 9.90 Å². The number of aliphatic hydroxyl groups excluding tert-OH is 1. The molecule has 0 radical (unpaired) electrons. The molecule has 1 spiro atoms. The van der Waals surface area contributed by atoms with Gasteiger partial charge in [-0.25, -0.2) is 0 Å². The van der Waals surface area contributed by atoms with E-state index < -0.39 is 0 Å². The lowest BCUT2D eigenvalue weighted by Crippen LogP contribution is -2.46. The van der Waals surface area contributed by atoms with Crippen LogP contribution in [-0.4, -0.2) is 58.7 Å². The zero-order valence-electron chi connectivity index (χ0n) is 28.0. The van der Waals surface area contributed by atoms with Crippen LogP contribution in [0.25, 0.3) is 0 Å². The largest absolute Gasteiger partial charge is 0.486 e. The molecule has 1 aromatic heterocycles. The average molecular weight is 645 g/mol. The molecule has 3 heterocycles. The van der Waals surface area contributed by atoms with Crippen LogP contribution in [0.4, 0.5) is 5.69 Å². The fourth-order valence-corrected chi connectivity index (χ4v) is 7.81. The number of fused-ring (bicyclic) bond motifs is 1. The molecule has 10 nitrogen and oxygen atoms in total. The Morgan fingerprint density at radius 1 is 0.979 bits per heavy atom. The van der Waals surface area contributed by atoms with Crippen molar-refractivity contribution in [2.24, 2.45) is 5.41 Å². The summed E-state index contributed by atoms with van der Waals surface area (Å²) >= 11 is 0. The number of carbonyl (C=O) groups excluding carboxylic acids is 1. The molecular weight excluding hydrogens is 592 g/mol. The van der Waals surface area contributed by atoms with Gasteiger partial charge < -0.3 is 35.1 Å². The number of hydrogen-bond donors (Lipinski definition) is 4. The van der Waals surface area contributed by atoms with Crippen LogP contribution in [0, 0.1) is 12.3 Å². The number of aliphatic hydroxyl groups is 1. The van der Waals surface area contributed by atoms with Crippen molar-refractivity contribution in [1.82, 2.24) is 25.4 Å². The van der Waals surface area contributed by atoms with Crippen LogP contribution >= 0.6 is 0 Å². The normalized spacial score (nSPS) is 19.9. The van der Waals surface area contributed by atoms with E-state index in [4.69, 9.17) is 14.6 Å². The Morgan fingerprint density at radius 2 is 1.70 bits per heavy atom. The summed E-state index contributed by atoms with van der Waals surface area (Å²) in [6.45, 7) is 6.45. The van der Waals surface area contributed by atoms with E-state index in [-0.39, 0.29) is 17.9 Å². The number of rotatable bonds is 9. The molecule has 10 heteroatoms. The molecule has 1 unspecified atom stereocenters. The third-order valence-electron chi connectivity index (χ3n) is 10.4. The lowest BCUT2D eigenvalue weighted by molar-refractivity contribution is 0.0950. The summed E-state index contributed by atoms with van der Waals surface area (Å²) in [4.78, 5) is 13.2. The number of nitrogens with one attached hydrogen (secondary N) is 3. The van der Waals surface area contributed by atoms with Gasteiger partial charge in [0, 0.05) is 36.8 Å². The zero-order chi connectivity index (χ0) is 32.5. The highest BCUT2D eigenvalue weighted by atomic mass is 16.6. The summed E-state index contributed by atoms with van der Waals surface area (Å²) in [7, 11) is 0. The molecule has 1 aliphatic carbocycles. The minimum absolute atomic E-state index is 0.0362. The summed E-state index contributed by atoms with van der Waals surface area (Å²) in [6.07, 6.45) is 14.0. The molecule has 6 rings (SSSR count). The first-order valence-corrected chi connectivity index (χ1v) is 17.8. The van der Waals surface area contributed by atoms with Crippen LogP contribution in [0.5, 0.6) is 11.5 Å². The molecule has 2 fully saturated rings. The Morgan fingerprint density at radius 3 is 2.45 bits per heavy atom. The number of carbonyl (C=O) groups is 1. The van der Waals surface area contributed by atoms with Gasteiger partial charge in [0.25, 0.3) is 5.91 Å². The smallest absolute Gasteiger partial charge is 0.251 e. The van der Waals surface area contributed by atoms with Crippen molar-refractivity contribution >= 4 is 11.6 Å². The van der Waals surface area contributed by atoms with Gasteiger partial charge in [0.15, 0.2) is 17.3 Å². The number of benzene rings is 2. The molecule has 3 aliphatic rings. The number of anilines is 1. The lowest BCUT2D eigenvalue weighted by atomic mass is 9.65. The van der Waals surface area contributed by atoms with Gasteiger partial charge in [-0.3, -0.25) is 4.79 Å². The van der Waals surface area contributed by atoms with Gasteiger partial charge in [0.1, 0.15) is 19.0 Å². The number of aryl methyl sites for hydroxylation is 1. The topological polar surface area (TPSA) is 123 Å². The Balaban J connectivity index is 1.13. The molecule has 47 heavy (non-hydrogen) atoms. The number of piperidine rings is 1. The van der Waals surface area contributed by atoms with Gasteiger partial charge in [0.05, 0.1) is 13.2 Å². The molecule has 4 N–H and O–H groups in total. The van der Waals surface area contributed by atoms with Crippen molar-refractivity contribution in [2.75, 3.05) is 38.2 Å². The summed E-state index contributed by atoms with van der Waals surface area (Å²) in [6, 6.07) is 11.4. The van der Waals surface area contributed by atoms with Crippen LogP contribution in [0.15, 0.2) is 36.4 Å². The number of aromatic nitrogens is 3. The Labute approximate surface area is 279 Å². The van der Waals surface area contributed by atoms with E-state index in [0.29, 0.717) is 44.3 Å². The van der Waals surface area contributed by atoms with Gasteiger partial charge in [-0.2, -0.15) is 0 Å². The van der Waals surface area contributed by atoms with Crippen LogP contribution in [0.2, 0.25) is 0 Å². The zero-order valence-corrected chi connectivity index (χ0v) is 28.0. The van der Waals surface area contributed by atoms with Crippen molar-refractivity contribution in [1.29, 1.82) is 0 Å². The van der Waals surface area contributed by atoms with Gasteiger partial charge in [0.2, 0.25) is 0 Å². The Hall–Kier alpha value is -3.63. The van der Waals surface area contributed by atoms with Crippen molar-refractivity contribution in [2.45, 2.75) is 103 Å². The second-order valence-corrected chi connectivity index (χ2v) is 13.6. The van der Waals surface area contributed by atoms with Crippen LogP contribution in [0.1, 0.15) is 110 Å². The maximum absolute atomic E-state index is 13.2. The van der Waals surface area contributed by atoms with Crippen LogP contribution in [-0.2, 0) is 19.6 Å². The van der Waals surface area contributed by atoms with Crippen molar-refractivity contribution < 1.29 is 19.4 Å². The SMILES string of the molecule is Cc1cc2c(cc1CNC(=O)c1cccc(NCc3nnc(C4CCNCC45CCCCCCCCCC5)n3CCO)c1)OCCO2. The van der Waals surface area contributed by atoms with E-state index in [2.05, 4.69) is 25.6 Å². The van der Waals surface area contributed by atoms with E-state index in [0.717, 1.165) is 59.5 Å². The number of hydrogen-bond acceptors (Lipinski definition) is 8. The minimum atomic E-state index is -0.147. The summed E-state index contributed by atoms with van der Waals surface area (Å²) in [5.41, 5.74) is 3.62. The average Bonchev–Trinajstić information content (AvgIpc) is 3.47. The highest BCUT2D eigenvalue weighted by Crippen LogP contribution is 2.48. The van der Waals surface area contributed by atoms with E-state index >= 15 is 0 Å². The summed E-state index contributed by atoms with van der Waals surface area (Å²) in [5, 5.41) is 29.8. The lowest BCUT2D eigenvalue weighted by Gasteiger charge is -2.45. The van der Waals surface area contributed by atoms with Gasteiger partial charge in [-0.1, -0.05) is 57.4 Å². The monoisotopic (exact) mass is 644 g/mol. The fourth-order valence-electron chi connectivity index (χ4n) is 7.81. The van der Waals surface area contributed by atoms with Crippen molar-refractivity contribution in [3.8, 4) is 11.5 Å². The molecular formula is C37H52N6O4. The maximum atomic E-state index is 13.2. The predicted octanol–water partition coefficient (Wildman–Crippen LogP) is 5.87. The van der Waals surface area contributed by atoms with E-state index in [1.807, 2.05) is 43.3 Å². The fraction of sp³-hybridized carbons (Fsp3) is 0.595. The standard InChI is InChI=1S/C37H52N6O4/c1-27-21-32-33(47-20-19-46-32)23-29(27)24-40-36(45)28-11-10-12-30(22-28)39-25-34-41-42-35(43(34)17-18-44)31-13-16-38-26-37(31)14-8-6-4-2-3-5-7-9-15-37/h10-12,21-23,31,38-39,44H,2-9,13-20,24-26H2,1H3,(H,40,45). The Kier molecular flexibility index (Phi) is 11.3. The first-order valence-electron chi connectivity index (χ1n) is 17.8.